The van der Waals surface area contributed by atoms with Crippen molar-refractivity contribution in [2.24, 2.45) is 10.5 Å². The summed E-state index contributed by atoms with van der Waals surface area (Å²) >= 11 is 0. The molecule has 1 aliphatic carbocycles. The number of para-hydroxylation sites is 1. The SMILES string of the molecule is C=CCNC(=O)c1oc2c(c1C)/C(=N\Nc1ccccc1)CC(C)(C)C2. The number of benzene rings is 1. The van der Waals surface area contributed by atoms with E-state index in [9.17, 15) is 4.79 Å². The van der Waals surface area contributed by atoms with Crippen molar-refractivity contribution in [2.75, 3.05) is 12.0 Å². The van der Waals surface area contributed by atoms with Crippen LogP contribution in [0.3, 0.4) is 0 Å². The van der Waals surface area contributed by atoms with E-state index in [0.29, 0.717) is 12.3 Å². The van der Waals surface area contributed by atoms with E-state index in [0.717, 1.165) is 41.1 Å². The van der Waals surface area contributed by atoms with Gasteiger partial charge in [0, 0.05) is 24.1 Å². The molecule has 0 aliphatic heterocycles. The molecule has 5 heteroatoms. The van der Waals surface area contributed by atoms with Crippen LogP contribution in [0.1, 0.15) is 47.7 Å². The van der Waals surface area contributed by atoms with E-state index in [1.807, 2.05) is 37.3 Å². The number of amides is 1. The lowest BCUT2D eigenvalue weighted by Crippen LogP contribution is -2.27. The molecule has 26 heavy (non-hydrogen) atoms. The quantitative estimate of drug-likeness (QED) is 0.624. The van der Waals surface area contributed by atoms with Gasteiger partial charge in [0.1, 0.15) is 5.76 Å². The Balaban J connectivity index is 1.97. The Morgan fingerprint density at radius 3 is 2.73 bits per heavy atom. The lowest BCUT2D eigenvalue weighted by atomic mass is 9.75. The minimum absolute atomic E-state index is 0.0172. The molecule has 0 saturated carbocycles. The first kappa shape index (κ1) is 18.0. The highest BCUT2D eigenvalue weighted by molar-refractivity contribution is 6.07. The molecule has 1 aromatic heterocycles. The van der Waals surface area contributed by atoms with Crippen LogP contribution in [0.4, 0.5) is 5.69 Å². The maximum atomic E-state index is 12.4. The van der Waals surface area contributed by atoms with E-state index in [2.05, 4.69) is 36.3 Å². The second-order valence-corrected chi connectivity index (χ2v) is 7.41. The van der Waals surface area contributed by atoms with E-state index in [4.69, 9.17) is 4.42 Å². The Kier molecular flexibility index (Phi) is 4.98. The minimum atomic E-state index is -0.218. The summed E-state index contributed by atoms with van der Waals surface area (Å²) in [6.45, 7) is 10.3. The molecule has 2 N–H and O–H groups in total. The van der Waals surface area contributed by atoms with Crippen LogP contribution in [0.5, 0.6) is 0 Å². The molecule has 1 aliphatic rings. The van der Waals surface area contributed by atoms with E-state index in [1.165, 1.54) is 0 Å². The lowest BCUT2D eigenvalue weighted by Gasteiger charge is -2.29. The largest absolute Gasteiger partial charge is 0.455 e. The fourth-order valence-corrected chi connectivity index (χ4v) is 3.32. The molecule has 0 atom stereocenters. The highest BCUT2D eigenvalue weighted by Crippen LogP contribution is 2.38. The molecule has 0 fully saturated rings. The smallest absolute Gasteiger partial charge is 0.287 e. The third kappa shape index (κ3) is 3.72. The number of carbonyl (C=O) groups excluding carboxylic acids is 1. The minimum Gasteiger partial charge on any atom is -0.455 e. The topological polar surface area (TPSA) is 66.6 Å². The summed E-state index contributed by atoms with van der Waals surface area (Å²) in [6, 6.07) is 9.83. The molecule has 1 aromatic carbocycles. The van der Waals surface area contributed by atoms with Gasteiger partial charge in [-0.3, -0.25) is 10.2 Å². The number of carbonyl (C=O) groups is 1. The van der Waals surface area contributed by atoms with Gasteiger partial charge in [-0.2, -0.15) is 5.10 Å². The summed E-state index contributed by atoms with van der Waals surface area (Å²) < 4.78 is 5.96. The maximum Gasteiger partial charge on any atom is 0.287 e. The Bertz CT molecular complexity index is 848. The van der Waals surface area contributed by atoms with E-state index >= 15 is 0 Å². The van der Waals surface area contributed by atoms with Crippen molar-refractivity contribution in [3.05, 3.63) is 65.6 Å². The van der Waals surface area contributed by atoms with Gasteiger partial charge < -0.3 is 9.73 Å². The van der Waals surface area contributed by atoms with Crippen molar-refractivity contribution in [2.45, 2.75) is 33.6 Å². The lowest BCUT2D eigenvalue weighted by molar-refractivity contribution is 0.0926. The van der Waals surface area contributed by atoms with Gasteiger partial charge in [0.05, 0.1) is 11.4 Å². The fourth-order valence-electron chi connectivity index (χ4n) is 3.32. The molecule has 2 aromatic rings. The van der Waals surface area contributed by atoms with Crippen molar-refractivity contribution in [1.82, 2.24) is 5.32 Å². The summed E-state index contributed by atoms with van der Waals surface area (Å²) in [5.41, 5.74) is 6.78. The summed E-state index contributed by atoms with van der Waals surface area (Å²) in [4.78, 5) is 12.4. The van der Waals surface area contributed by atoms with E-state index < -0.39 is 0 Å². The number of nitrogens with one attached hydrogen (secondary N) is 2. The number of rotatable bonds is 5. The number of hydrogen-bond acceptors (Lipinski definition) is 4. The van der Waals surface area contributed by atoms with Crippen LogP contribution in [0.15, 0.2) is 52.5 Å². The van der Waals surface area contributed by atoms with Gasteiger partial charge >= 0.3 is 0 Å². The highest BCUT2D eigenvalue weighted by Gasteiger charge is 2.36. The van der Waals surface area contributed by atoms with Crippen LogP contribution in [-0.2, 0) is 6.42 Å². The van der Waals surface area contributed by atoms with E-state index in [-0.39, 0.29) is 11.3 Å². The van der Waals surface area contributed by atoms with Crippen LogP contribution in [-0.4, -0.2) is 18.2 Å². The summed E-state index contributed by atoms with van der Waals surface area (Å²) in [7, 11) is 0. The van der Waals surface area contributed by atoms with Crippen molar-refractivity contribution in [1.29, 1.82) is 0 Å². The van der Waals surface area contributed by atoms with Crippen molar-refractivity contribution in [3.63, 3.8) is 0 Å². The van der Waals surface area contributed by atoms with Gasteiger partial charge in [-0.15, -0.1) is 6.58 Å². The first-order chi connectivity index (χ1) is 12.4. The zero-order chi connectivity index (χ0) is 18.7. The molecule has 0 bridgehead atoms. The molecule has 1 heterocycles. The van der Waals surface area contributed by atoms with Crippen LogP contribution in [0.25, 0.3) is 0 Å². The highest BCUT2D eigenvalue weighted by atomic mass is 16.4. The molecule has 0 unspecified atom stereocenters. The molecular weight excluding hydrogens is 326 g/mol. The number of anilines is 1. The maximum absolute atomic E-state index is 12.4. The number of hydrogen-bond donors (Lipinski definition) is 2. The first-order valence-electron chi connectivity index (χ1n) is 8.80. The van der Waals surface area contributed by atoms with Crippen molar-refractivity contribution in [3.8, 4) is 0 Å². The Morgan fingerprint density at radius 2 is 2.04 bits per heavy atom. The van der Waals surface area contributed by atoms with Gasteiger partial charge in [0.2, 0.25) is 0 Å². The molecule has 0 radical (unpaired) electrons. The number of fused-ring (bicyclic) bond motifs is 1. The first-order valence-corrected chi connectivity index (χ1v) is 8.80. The summed E-state index contributed by atoms with van der Waals surface area (Å²) in [6.07, 6.45) is 3.24. The van der Waals surface area contributed by atoms with Gasteiger partial charge in [-0.25, -0.2) is 0 Å². The van der Waals surface area contributed by atoms with Crippen LogP contribution >= 0.6 is 0 Å². The van der Waals surface area contributed by atoms with Gasteiger partial charge in [-0.1, -0.05) is 38.1 Å². The van der Waals surface area contributed by atoms with Gasteiger partial charge in [0.15, 0.2) is 5.76 Å². The standard InChI is InChI=1S/C21H25N3O2/c1-5-11-22-20(25)19-14(2)18-16(12-21(3,4)13-17(18)26-19)24-23-15-9-7-6-8-10-15/h5-10,23H,1,11-13H2,2-4H3,(H,22,25)/b24-16-. The zero-order valence-electron chi connectivity index (χ0n) is 15.6. The third-order valence-electron chi connectivity index (χ3n) is 4.50. The molecular formula is C21H25N3O2. The van der Waals surface area contributed by atoms with Crippen molar-refractivity contribution >= 4 is 17.3 Å². The van der Waals surface area contributed by atoms with Gasteiger partial charge in [0.25, 0.3) is 5.91 Å². The average Bonchev–Trinajstić information content (AvgIpc) is 2.93. The second kappa shape index (κ2) is 7.20. The molecule has 0 spiro atoms. The number of hydrazone groups is 1. The van der Waals surface area contributed by atoms with Crippen LogP contribution < -0.4 is 10.7 Å². The van der Waals surface area contributed by atoms with Crippen LogP contribution in [0.2, 0.25) is 0 Å². The summed E-state index contributed by atoms with van der Waals surface area (Å²) in [5.74, 6) is 0.975. The number of nitrogens with zero attached hydrogens (tertiary/aromatic N) is 1. The second-order valence-electron chi connectivity index (χ2n) is 7.41. The Labute approximate surface area is 154 Å². The average molecular weight is 351 g/mol. The van der Waals surface area contributed by atoms with Gasteiger partial charge in [-0.05, 0) is 30.9 Å². The Morgan fingerprint density at radius 1 is 1.31 bits per heavy atom. The summed E-state index contributed by atoms with van der Waals surface area (Å²) in [5, 5.41) is 7.43. The molecule has 3 rings (SSSR count). The molecule has 0 saturated heterocycles. The van der Waals surface area contributed by atoms with Crippen molar-refractivity contribution < 1.29 is 9.21 Å². The fraction of sp³-hybridized carbons (Fsp3) is 0.333. The third-order valence-corrected chi connectivity index (χ3v) is 4.50. The predicted molar refractivity (Wildman–Crippen MR) is 105 cm³/mol. The molecule has 1 amide bonds. The Hall–Kier alpha value is -2.82. The predicted octanol–water partition coefficient (Wildman–Crippen LogP) is 4.29. The van der Waals surface area contributed by atoms with E-state index in [1.54, 1.807) is 6.08 Å². The zero-order valence-corrected chi connectivity index (χ0v) is 15.6. The van der Waals surface area contributed by atoms with Crippen LogP contribution in [0, 0.1) is 12.3 Å². The normalized spacial score (nSPS) is 16.8. The molecule has 5 nitrogen and oxygen atoms in total. The number of furan rings is 1. The molecule has 136 valence electrons. The monoisotopic (exact) mass is 351 g/mol.